The number of aromatic nitrogens is 3. The fraction of sp³-hybridized carbons (Fsp3) is 0.143. The van der Waals surface area contributed by atoms with Crippen LogP contribution in [-0.2, 0) is 18.4 Å². The molecule has 0 bridgehead atoms. The quantitative estimate of drug-likeness (QED) is 0.716. The summed E-state index contributed by atoms with van der Waals surface area (Å²) in [4.78, 5) is 5.81. The molecule has 2 heterocycles. The van der Waals surface area contributed by atoms with Crippen molar-refractivity contribution in [2.75, 3.05) is 5.32 Å². The molecule has 3 aromatic rings. The van der Waals surface area contributed by atoms with E-state index in [1.807, 2.05) is 32.3 Å². The van der Waals surface area contributed by atoms with Crippen molar-refractivity contribution >= 4 is 34.1 Å². The van der Waals surface area contributed by atoms with E-state index in [2.05, 4.69) is 15.4 Å². The van der Waals surface area contributed by atoms with Gasteiger partial charge in [0, 0.05) is 25.0 Å². The highest BCUT2D eigenvalue weighted by molar-refractivity contribution is 7.89. The summed E-state index contributed by atoms with van der Waals surface area (Å²) in [6.07, 6.45) is 3.58. The Balaban J connectivity index is 1.98. The number of hydrogen-bond acceptors (Lipinski definition) is 6. The number of nitrogens with one attached hydrogen (secondary N) is 1. The maximum atomic E-state index is 11.9. The van der Waals surface area contributed by atoms with E-state index < -0.39 is 11.4 Å². The average Bonchev–Trinajstić information content (AvgIpc) is 3.07. The predicted octanol–water partition coefficient (Wildman–Crippen LogP) is 2.58. The zero-order valence-corrected chi connectivity index (χ0v) is 13.7. The molecule has 3 N–H and O–H groups in total. The molecule has 1 unspecified atom stereocenters. The van der Waals surface area contributed by atoms with Crippen molar-refractivity contribution in [3.63, 3.8) is 0 Å². The van der Waals surface area contributed by atoms with E-state index in [1.165, 1.54) is 11.3 Å². The summed E-state index contributed by atoms with van der Waals surface area (Å²) >= 11 is -0.0659. The van der Waals surface area contributed by atoms with E-state index in [4.69, 9.17) is 5.14 Å². The minimum Gasteiger partial charge on any atom is -0.593 e. The zero-order chi connectivity index (χ0) is 15.7. The summed E-state index contributed by atoms with van der Waals surface area (Å²) in [5.41, 5.74) is 5.21. The van der Waals surface area contributed by atoms with Crippen molar-refractivity contribution in [2.24, 2.45) is 12.2 Å². The second-order valence-electron chi connectivity index (χ2n) is 4.80. The standard InChI is InChI=1S/C14H15N5OS2/c1-9-14(21-8-16-9)12-4-3-10(5-13(12)22(15)20)18-11-6-17-19(2)7-11/h3-8,18H,15H2,1-2H3. The van der Waals surface area contributed by atoms with Gasteiger partial charge in [-0.05, 0) is 19.1 Å². The van der Waals surface area contributed by atoms with Crippen molar-refractivity contribution in [2.45, 2.75) is 11.8 Å². The van der Waals surface area contributed by atoms with Gasteiger partial charge < -0.3 is 9.87 Å². The largest absolute Gasteiger partial charge is 0.593 e. The van der Waals surface area contributed by atoms with Gasteiger partial charge in [-0.25, -0.2) is 4.98 Å². The fourth-order valence-electron chi connectivity index (χ4n) is 2.17. The van der Waals surface area contributed by atoms with Gasteiger partial charge in [0.05, 0.1) is 44.9 Å². The van der Waals surface area contributed by atoms with E-state index in [9.17, 15) is 4.55 Å². The first-order valence-electron chi connectivity index (χ1n) is 6.51. The topological polar surface area (TPSA) is 91.8 Å². The molecule has 0 aliphatic heterocycles. The summed E-state index contributed by atoms with van der Waals surface area (Å²) in [5.74, 6) is 0. The molecule has 0 radical (unpaired) electrons. The molecule has 3 rings (SSSR count). The van der Waals surface area contributed by atoms with Gasteiger partial charge in [0.1, 0.15) is 0 Å². The Morgan fingerprint density at radius 3 is 2.77 bits per heavy atom. The molecule has 114 valence electrons. The van der Waals surface area contributed by atoms with Crippen LogP contribution in [-0.4, -0.2) is 19.3 Å². The highest BCUT2D eigenvalue weighted by Crippen LogP contribution is 2.34. The molecule has 0 saturated carbocycles. The van der Waals surface area contributed by atoms with E-state index in [0.717, 1.165) is 27.5 Å². The first-order chi connectivity index (χ1) is 10.5. The van der Waals surface area contributed by atoms with Crippen LogP contribution in [0.15, 0.2) is 41.0 Å². The fourth-order valence-corrected chi connectivity index (χ4v) is 3.71. The molecule has 0 spiro atoms. The van der Waals surface area contributed by atoms with Gasteiger partial charge in [0.2, 0.25) is 0 Å². The average molecular weight is 333 g/mol. The highest BCUT2D eigenvalue weighted by Gasteiger charge is 2.18. The molecule has 0 aliphatic carbocycles. The lowest BCUT2D eigenvalue weighted by atomic mass is 10.1. The lowest BCUT2D eigenvalue weighted by molar-refractivity contribution is 0.597. The minimum absolute atomic E-state index is 0.584. The molecule has 6 nitrogen and oxygen atoms in total. The zero-order valence-electron chi connectivity index (χ0n) is 12.1. The summed E-state index contributed by atoms with van der Waals surface area (Å²) < 4.78 is 13.6. The first kappa shape index (κ1) is 15.0. The van der Waals surface area contributed by atoms with Gasteiger partial charge >= 0.3 is 0 Å². The first-order valence-corrected chi connectivity index (χ1v) is 8.60. The molecular weight excluding hydrogens is 318 g/mol. The number of hydrogen-bond donors (Lipinski definition) is 2. The third-order valence-electron chi connectivity index (χ3n) is 3.18. The third-order valence-corrected chi connectivity index (χ3v) is 4.92. The van der Waals surface area contributed by atoms with Gasteiger partial charge in [0.25, 0.3) is 0 Å². The van der Waals surface area contributed by atoms with E-state index in [0.29, 0.717) is 4.90 Å². The number of anilines is 2. The number of nitrogens with zero attached hydrogens (tertiary/aromatic N) is 3. The van der Waals surface area contributed by atoms with E-state index >= 15 is 0 Å². The molecule has 0 fully saturated rings. The van der Waals surface area contributed by atoms with Crippen LogP contribution in [0, 0.1) is 6.92 Å². The molecule has 0 saturated heterocycles. The lowest BCUT2D eigenvalue weighted by Crippen LogP contribution is -2.13. The highest BCUT2D eigenvalue weighted by atomic mass is 32.2. The second kappa shape index (κ2) is 6.09. The van der Waals surface area contributed by atoms with Gasteiger partial charge in [0.15, 0.2) is 4.90 Å². The Labute approximate surface area is 135 Å². The van der Waals surface area contributed by atoms with E-state index in [-0.39, 0.29) is 0 Å². The molecule has 8 heteroatoms. The van der Waals surface area contributed by atoms with Crippen molar-refractivity contribution < 1.29 is 4.55 Å². The van der Waals surface area contributed by atoms with Crippen LogP contribution in [0.4, 0.5) is 11.4 Å². The smallest absolute Gasteiger partial charge is 0.184 e. The number of rotatable bonds is 4. The SMILES string of the molecule is Cc1ncsc1-c1ccc(Nc2cnn(C)c2)cc1[S+](N)[O-]. The Morgan fingerprint density at radius 1 is 1.36 bits per heavy atom. The molecule has 0 aliphatic rings. The summed E-state index contributed by atoms with van der Waals surface area (Å²) in [6, 6.07) is 5.65. The summed E-state index contributed by atoms with van der Waals surface area (Å²) in [6.45, 7) is 1.93. The van der Waals surface area contributed by atoms with Crippen LogP contribution in [0.2, 0.25) is 0 Å². The number of aryl methyl sites for hydroxylation is 2. The van der Waals surface area contributed by atoms with Crippen molar-refractivity contribution in [3.8, 4) is 10.4 Å². The third kappa shape index (κ3) is 3.00. The maximum absolute atomic E-state index is 11.9. The monoisotopic (exact) mass is 333 g/mol. The van der Waals surface area contributed by atoms with Crippen LogP contribution in [0.1, 0.15) is 5.69 Å². The number of nitrogens with two attached hydrogens (primary N) is 1. The van der Waals surface area contributed by atoms with Crippen LogP contribution < -0.4 is 10.5 Å². The number of benzene rings is 1. The molecule has 0 amide bonds. The van der Waals surface area contributed by atoms with Gasteiger partial charge in [-0.1, -0.05) is 0 Å². The Morgan fingerprint density at radius 2 is 2.18 bits per heavy atom. The Bertz CT molecular complexity index is 796. The van der Waals surface area contributed by atoms with Crippen molar-refractivity contribution in [1.82, 2.24) is 14.8 Å². The maximum Gasteiger partial charge on any atom is 0.184 e. The van der Waals surface area contributed by atoms with Crippen LogP contribution in [0.25, 0.3) is 10.4 Å². The number of thiazole rings is 1. The Kier molecular flexibility index (Phi) is 4.16. The molecule has 22 heavy (non-hydrogen) atoms. The lowest BCUT2D eigenvalue weighted by Gasteiger charge is -2.11. The molecule has 1 aromatic carbocycles. The van der Waals surface area contributed by atoms with Crippen LogP contribution in [0.5, 0.6) is 0 Å². The van der Waals surface area contributed by atoms with Crippen LogP contribution in [0.3, 0.4) is 0 Å². The van der Waals surface area contributed by atoms with E-state index in [1.54, 1.807) is 22.5 Å². The molecular formula is C14H15N5OS2. The minimum atomic E-state index is -1.58. The summed E-state index contributed by atoms with van der Waals surface area (Å²) in [7, 11) is 1.85. The Hall–Kier alpha value is -1.87. The van der Waals surface area contributed by atoms with Gasteiger partial charge in [-0.2, -0.15) is 5.10 Å². The molecule has 1 atom stereocenters. The van der Waals surface area contributed by atoms with Crippen molar-refractivity contribution in [1.29, 1.82) is 0 Å². The summed E-state index contributed by atoms with van der Waals surface area (Å²) in [5, 5.41) is 13.0. The van der Waals surface area contributed by atoms with Gasteiger partial charge in [-0.15, -0.1) is 16.5 Å². The van der Waals surface area contributed by atoms with Crippen molar-refractivity contribution in [3.05, 3.63) is 41.8 Å². The van der Waals surface area contributed by atoms with Crippen LogP contribution >= 0.6 is 11.3 Å². The van der Waals surface area contributed by atoms with Gasteiger partial charge in [-0.3, -0.25) is 4.68 Å². The molecule has 2 aromatic heterocycles. The normalized spacial score (nSPS) is 12.4. The second-order valence-corrected chi connectivity index (χ2v) is 6.69. The predicted molar refractivity (Wildman–Crippen MR) is 89.4 cm³/mol.